The number of aromatic nitrogens is 2. The fourth-order valence-electron chi connectivity index (χ4n) is 2.68. The van der Waals surface area contributed by atoms with Crippen LogP contribution in [-0.2, 0) is 0 Å². The summed E-state index contributed by atoms with van der Waals surface area (Å²) >= 11 is 0. The SMILES string of the molecule is NC1CCN(C(=O)c2ccccn2)C1C(=O)c1ccccn1. The molecule has 1 amide bonds. The van der Waals surface area contributed by atoms with E-state index in [4.69, 9.17) is 5.73 Å². The van der Waals surface area contributed by atoms with Crippen molar-refractivity contribution in [1.29, 1.82) is 0 Å². The molecule has 1 fully saturated rings. The summed E-state index contributed by atoms with van der Waals surface area (Å²) in [6.07, 6.45) is 3.69. The Labute approximate surface area is 128 Å². The molecule has 0 radical (unpaired) electrons. The Kier molecular flexibility index (Phi) is 3.93. The average molecular weight is 296 g/mol. The molecule has 1 aliphatic rings. The minimum absolute atomic E-state index is 0.227. The number of amides is 1. The first-order valence-electron chi connectivity index (χ1n) is 7.11. The molecule has 0 aromatic carbocycles. The van der Waals surface area contributed by atoms with Crippen LogP contribution in [0.5, 0.6) is 0 Å². The van der Waals surface area contributed by atoms with Crippen molar-refractivity contribution in [2.24, 2.45) is 5.73 Å². The highest BCUT2D eigenvalue weighted by molar-refractivity contribution is 6.03. The second-order valence-corrected chi connectivity index (χ2v) is 5.19. The molecule has 2 N–H and O–H groups in total. The van der Waals surface area contributed by atoms with Crippen molar-refractivity contribution in [2.45, 2.75) is 18.5 Å². The van der Waals surface area contributed by atoms with E-state index in [0.717, 1.165) is 0 Å². The Hall–Kier alpha value is -2.60. The van der Waals surface area contributed by atoms with E-state index in [9.17, 15) is 9.59 Å². The van der Waals surface area contributed by atoms with Crippen LogP contribution in [0.1, 0.15) is 27.4 Å². The van der Waals surface area contributed by atoms with Crippen molar-refractivity contribution in [3.63, 3.8) is 0 Å². The second kappa shape index (κ2) is 6.03. The first kappa shape index (κ1) is 14.3. The normalized spacial score (nSPS) is 20.9. The van der Waals surface area contributed by atoms with E-state index in [0.29, 0.717) is 24.4 Å². The van der Waals surface area contributed by atoms with E-state index in [1.165, 1.54) is 4.90 Å². The molecule has 22 heavy (non-hydrogen) atoms. The number of hydrogen-bond acceptors (Lipinski definition) is 5. The van der Waals surface area contributed by atoms with Crippen LogP contribution in [0.3, 0.4) is 0 Å². The van der Waals surface area contributed by atoms with Crippen LogP contribution in [-0.4, -0.2) is 45.2 Å². The van der Waals surface area contributed by atoms with E-state index in [2.05, 4.69) is 9.97 Å². The fraction of sp³-hybridized carbons (Fsp3) is 0.250. The molecule has 1 saturated heterocycles. The summed E-state index contributed by atoms with van der Waals surface area (Å²) in [5.74, 6) is -0.502. The van der Waals surface area contributed by atoms with Crippen LogP contribution in [0.15, 0.2) is 48.8 Å². The number of carbonyl (C=O) groups excluding carboxylic acids is 2. The molecule has 0 spiro atoms. The molecule has 6 heteroatoms. The number of nitrogens with zero attached hydrogens (tertiary/aromatic N) is 3. The smallest absolute Gasteiger partial charge is 0.273 e. The van der Waals surface area contributed by atoms with E-state index in [-0.39, 0.29) is 17.7 Å². The number of rotatable bonds is 3. The highest BCUT2D eigenvalue weighted by Crippen LogP contribution is 2.21. The molecule has 0 saturated carbocycles. The van der Waals surface area contributed by atoms with Crippen molar-refractivity contribution in [3.8, 4) is 0 Å². The zero-order chi connectivity index (χ0) is 15.5. The summed E-state index contributed by atoms with van der Waals surface area (Å²) in [7, 11) is 0. The Morgan fingerprint density at radius 1 is 1.05 bits per heavy atom. The first-order valence-corrected chi connectivity index (χ1v) is 7.11. The number of carbonyl (C=O) groups is 2. The number of likely N-dealkylation sites (tertiary alicyclic amines) is 1. The molecule has 112 valence electrons. The number of nitrogens with two attached hydrogens (primary N) is 1. The lowest BCUT2D eigenvalue weighted by Gasteiger charge is -2.25. The first-order chi connectivity index (χ1) is 10.7. The Morgan fingerprint density at radius 3 is 2.27 bits per heavy atom. The van der Waals surface area contributed by atoms with E-state index < -0.39 is 6.04 Å². The van der Waals surface area contributed by atoms with Gasteiger partial charge in [-0.15, -0.1) is 0 Å². The molecule has 2 unspecified atom stereocenters. The van der Waals surface area contributed by atoms with Crippen molar-refractivity contribution < 1.29 is 9.59 Å². The maximum absolute atomic E-state index is 12.6. The number of ketones is 1. The van der Waals surface area contributed by atoms with Crippen molar-refractivity contribution >= 4 is 11.7 Å². The van der Waals surface area contributed by atoms with Gasteiger partial charge in [0.05, 0.1) is 0 Å². The van der Waals surface area contributed by atoms with Crippen LogP contribution in [0, 0.1) is 0 Å². The minimum Gasteiger partial charge on any atom is -0.325 e. The van der Waals surface area contributed by atoms with Gasteiger partial charge in [0.15, 0.2) is 0 Å². The van der Waals surface area contributed by atoms with Gasteiger partial charge in [-0.2, -0.15) is 0 Å². The molecule has 1 aliphatic heterocycles. The monoisotopic (exact) mass is 296 g/mol. The summed E-state index contributed by atoms with van der Waals surface area (Å²) in [5, 5.41) is 0. The lowest BCUT2D eigenvalue weighted by atomic mass is 10.0. The summed E-state index contributed by atoms with van der Waals surface area (Å²) in [6.45, 7) is 0.444. The molecule has 3 rings (SSSR count). The summed E-state index contributed by atoms with van der Waals surface area (Å²) in [5.41, 5.74) is 6.70. The third-order valence-corrected chi connectivity index (χ3v) is 3.78. The molecule has 2 aromatic rings. The predicted molar refractivity (Wildman–Crippen MR) is 80.2 cm³/mol. The lowest BCUT2D eigenvalue weighted by Crippen LogP contribution is -2.48. The van der Waals surface area contributed by atoms with Gasteiger partial charge in [0.2, 0.25) is 5.78 Å². The number of pyridine rings is 2. The molecule has 6 nitrogen and oxygen atoms in total. The Bertz CT molecular complexity index is 675. The third-order valence-electron chi connectivity index (χ3n) is 3.78. The minimum atomic E-state index is -0.690. The van der Waals surface area contributed by atoms with Gasteiger partial charge in [-0.3, -0.25) is 19.6 Å². The van der Waals surface area contributed by atoms with Crippen LogP contribution in [0.4, 0.5) is 0 Å². The van der Waals surface area contributed by atoms with Crippen LogP contribution >= 0.6 is 0 Å². The summed E-state index contributed by atoms with van der Waals surface area (Å²) in [4.78, 5) is 34.8. The van der Waals surface area contributed by atoms with Gasteiger partial charge in [0.1, 0.15) is 17.4 Å². The molecule has 0 aliphatic carbocycles. The van der Waals surface area contributed by atoms with Crippen LogP contribution in [0.2, 0.25) is 0 Å². The number of hydrogen-bond donors (Lipinski definition) is 1. The van der Waals surface area contributed by atoms with Gasteiger partial charge in [-0.1, -0.05) is 12.1 Å². The molecular formula is C16H16N4O2. The highest BCUT2D eigenvalue weighted by atomic mass is 16.2. The van der Waals surface area contributed by atoms with Gasteiger partial charge in [-0.25, -0.2) is 0 Å². The number of Topliss-reactive ketones (excluding diaryl/α,β-unsaturated/α-hetero) is 1. The highest BCUT2D eigenvalue weighted by Gasteiger charge is 2.41. The molecule has 3 heterocycles. The van der Waals surface area contributed by atoms with Gasteiger partial charge >= 0.3 is 0 Å². The Balaban J connectivity index is 1.88. The predicted octanol–water partition coefficient (Wildman–Crippen LogP) is 0.901. The molecule has 2 aromatic heterocycles. The second-order valence-electron chi connectivity index (χ2n) is 5.19. The van der Waals surface area contributed by atoms with Gasteiger partial charge in [0, 0.05) is 25.0 Å². The lowest BCUT2D eigenvalue weighted by molar-refractivity contribution is 0.0657. The molecular weight excluding hydrogens is 280 g/mol. The van der Waals surface area contributed by atoms with E-state index in [1.807, 2.05) is 0 Å². The fourth-order valence-corrected chi connectivity index (χ4v) is 2.68. The summed E-state index contributed by atoms with van der Waals surface area (Å²) in [6, 6.07) is 9.15. The van der Waals surface area contributed by atoms with E-state index in [1.54, 1.807) is 48.8 Å². The zero-order valence-corrected chi connectivity index (χ0v) is 11.9. The third kappa shape index (κ3) is 2.60. The molecule has 0 bridgehead atoms. The average Bonchev–Trinajstić information content (AvgIpc) is 2.96. The standard InChI is InChI=1S/C16H16N4O2/c17-11-7-10-20(16(22)13-6-2-4-9-19-13)14(11)15(21)12-5-1-3-8-18-12/h1-6,8-9,11,14H,7,10,17H2. The van der Waals surface area contributed by atoms with Crippen LogP contribution < -0.4 is 5.73 Å². The van der Waals surface area contributed by atoms with Gasteiger partial charge in [-0.05, 0) is 30.7 Å². The van der Waals surface area contributed by atoms with E-state index >= 15 is 0 Å². The molecule has 2 atom stereocenters. The maximum Gasteiger partial charge on any atom is 0.273 e. The largest absolute Gasteiger partial charge is 0.325 e. The maximum atomic E-state index is 12.6. The van der Waals surface area contributed by atoms with Crippen molar-refractivity contribution in [2.75, 3.05) is 6.54 Å². The zero-order valence-electron chi connectivity index (χ0n) is 11.9. The van der Waals surface area contributed by atoms with Gasteiger partial charge in [0.25, 0.3) is 5.91 Å². The van der Waals surface area contributed by atoms with Gasteiger partial charge < -0.3 is 10.6 Å². The van der Waals surface area contributed by atoms with Crippen molar-refractivity contribution in [1.82, 2.24) is 14.9 Å². The van der Waals surface area contributed by atoms with Crippen molar-refractivity contribution in [3.05, 3.63) is 60.2 Å². The Morgan fingerprint density at radius 2 is 1.68 bits per heavy atom. The van der Waals surface area contributed by atoms with Crippen LogP contribution in [0.25, 0.3) is 0 Å². The summed E-state index contributed by atoms with van der Waals surface area (Å²) < 4.78 is 0. The topological polar surface area (TPSA) is 89.2 Å². The quantitative estimate of drug-likeness (QED) is 0.850.